The van der Waals surface area contributed by atoms with Gasteiger partial charge in [0.1, 0.15) is 6.29 Å². The van der Waals surface area contributed by atoms with Crippen molar-refractivity contribution in [2.24, 2.45) is 0 Å². The van der Waals surface area contributed by atoms with E-state index in [0.717, 1.165) is 17.7 Å². The molecule has 0 heterocycles. The highest BCUT2D eigenvalue weighted by Crippen LogP contribution is 2.30. The highest BCUT2D eigenvalue weighted by atomic mass is 19.4. The zero-order valence-electron chi connectivity index (χ0n) is 10.4. The molecule has 0 amide bonds. The van der Waals surface area contributed by atoms with E-state index in [1.807, 2.05) is 30.3 Å². The molecule has 0 aliphatic carbocycles. The molecule has 2 aromatic carbocycles. The summed E-state index contributed by atoms with van der Waals surface area (Å²) in [6.07, 6.45) is -0.800. The highest BCUT2D eigenvalue weighted by Gasteiger charge is 2.30. The summed E-state index contributed by atoms with van der Waals surface area (Å²) >= 11 is 0. The van der Waals surface area contributed by atoms with Gasteiger partial charge in [-0.3, -0.25) is 4.79 Å². The molecule has 0 spiro atoms. The summed E-state index contributed by atoms with van der Waals surface area (Å²) < 4.78 is 38.1. The Hall–Kier alpha value is -2.36. The van der Waals surface area contributed by atoms with Crippen LogP contribution < -0.4 is 0 Å². The fourth-order valence-electron chi connectivity index (χ4n) is 1.76. The van der Waals surface area contributed by atoms with E-state index < -0.39 is 11.7 Å². The molecule has 0 N–H and O–H groups in total. The first-order chi connectivity index (χ1) is 9.49. The molecule has 0 radical (unpaired) electrons. The number of halogens is 3. The molecule has 0 saturated carbocycles. The number of carbonyl (C=O) groups excluding carboxylic acids is 1. The maximum atomic E-state index is 12.7. The zero-order chi connectivity index (χ0) is 14.6. The van der Waals surface area contributed by atoms with Crippen molar-refractivity contribution in [3.8, 4) is 0 Å². The molecule has 2 rings (SSSR count). The van der Waals surface area contributed by atoms with Gasteiger partial charge in [0.05, 0.1) is 5.56 Å². The number of benzene rings is 2. The number of hydrogen-bond donors (Lipinski definition) is 0. The van der Waals surface area contributed by atoms with Crippen LogP contribution in [-0.4, -0.2) is 6.29 Å². The second-order valence-electron chi connectivity index (χ2n) is 4.25. The predicted molar refractivity (Wildman–Crippen MR) is 72.2 cm³/mol. The third-order valence-corrected chi connectivity index (χ3v) is 2.71. The molecule has 2 aromatic rings. The van der Waals surface area contributed by atoms with Gasteiger partial charge in [-0.2, -0.15) is 13.2 Å². The molecule has 0 aliphatic heterocycles. The lowest BCUT2D eigenvalue weighted by atomic mass is 10.0. The van der Waals surface area contributed by atoms with Crippen LogP contribution in [0.2, 0.25) is 0 Å². The van der Waals surface area contributed by atoms with Crippen LogP contribution in [0.25, 0.3) is 12.2 Å². The molecular formula is C16H11F3O. The van der Waals surface area contributed by atoms with Crippen LogP contribution in [-0.2, 0) is 6.18 Å². The van der Waals surface area contributed by atoms with Crippen molar-refractivity contribution < 1.29 is 18.0 Å². The SMILES string of the molecule is O=Cc1cc(/C=C/c2ccccc2)cc(C(F)(F)F)c1. The average molecular weight is 276 g/mol. The summed E-state index contributed by atoms with van der Waals surface area (Å²) in [5.74, 6) is 0. The average Bonchev–Trinajstić information content (AvgIpc) is 2.45. The van der Waals surface area contributed by atoms with Crippen LogP contribution in [0.15, 0.2) is 48.5 Å². The van der Waals surface area contributed by atoms with Gasteiger partial charge in [0, 0.05) is 5.56 Å². The largest absolute Gasteiger partial charge is 0.416 e. The van der Waals surface area contributed by atoms with E-state index in [9.17, 15) is 18.0 Å². The monoisotopic (exact) mass is 276 g/mol. The van der Waals surface area contributed by atoms with Crippen LogP contribution in [0.1, 0.15) is 27.0 Å². The lowest BCUT2D eigenvalue weighted by molar-refractivity contribution is -0.137. The van der Waals surface area contributed by atoms with Gasteiger partial charge in [0.25, 0.3) is 0 Å². The number of hydrogen-bond acceptors (Lipinski definition) is 1. The second kappa shape index (κ2) is 5.74. The number of carbonyl (C=O) groups is 1. The van der Waals surface area contributed by atoms with Crippen LogP contribution in [0.4, 0.5) is 13.2 Å². The Morgan fingerprint density at radius 2 is 1.40 bits per heavy atom. The Kier molecular flexibility index (Phi) is 4.03. The van der Waals surface area contributed by atoms with Crippen molar-refractivity contribution in [3.63, 3.8) is 0 Å². The summed E-state index contributed by atoms with van der Waals surface area (Å²) in [6.45, 7) is 0. The van der Waals surface area contributed by atoms with Gasteiger partial charge in [0.15, 0.2) is 0 Å². The minimum Gasteiger partial charge on any atom is -0.298 e. The minimum absolute atomic E-state index is 0.00698. The van der Waals surface area contributed by atoms with Crippen LogP contribution in [0.3, 0.4) is 0 Å². The Bertz CT molecular complexity index is 628. The van der Waals surface area contributed by atoms with Crippen LogP contribution in [0, 0.1) is 0 Å². The fraction of sp³-hybridized carbons (Fsp3) is 0.0625. The van der Waals surface area contributed by atoms with Gasteiger partial charge in [0.2, 0.25) is 0 Å². The second-order valence-corrected chi connectivity index (χ2v) is 4.25. The Morgan fingerprint density at radius 3 is 2.00 bits per heavy atom. The molecule has 102 valence electrons. The molecule has 0 aromatic heterocycles. The van der Waals surface area contributed by atoms with Gasteiger partial charge in [-0.1, -0.05) is 42.5 Å². The van der Waals surface area contributed by atoms with E-state index in [1.165, 1.54) is 6.07 Å². The summed E-state index contributed by atoms with van der Waals surface area (Å²) in [5, 5.41) is 0. The van der Waals surface area contributed by atoms with Crippen molar-refractivity contribution in [2.75, 3.05) is 0 Å². The van der Waals surface area contributed by atoms with Gasteiger partial charge in [-0.25, -0.2) is 0 Å². The predicted octanol–water partition coefficient (Wildman–Crippen LogP) is 4.69. The van der Waals surface area contributed by atoms with E-state index in [2.05, 4.69) is 0 Å². The van der Waals surface area contributed by atoms with Crippen LogP contribution >= 0.6 is 0 Å². The number of aldehydes is 1. The van der Waals surface area contributed by atoms with Crippen molar-refractivity contribution in [3.05, 3.63) is 70.8 Å². The third-order valence-electron chi connectivity index (χ3n) is 2.71. The molecule has 0 atom stereocenters. The Balaban J connectivity index is 2.37. The molecular weight excluding hydrogens is 265 g/mol. The van der Waals surface area contributed by atoms with E-state index in [1.54, 1.807) is 12.2 Å². The Morgan fingerprint density at radius 1 is 0.800 bits per heavy atom. The molecule has 1 nitrogen and oxygen atoms in total. The van der Waals surface area contributed by atoms with Gasteiger partial charge >= 0.3 is 6.18 Å². The first-order valence-electron chi connectivity index (χ1n) is 5.89. The van der Waals surface area contributed by atoms with Crippen molar-refractivity contribution in [2.45, 2.75) is 6.18 Å². The summed E-state index contributed by atoms with van der Waals surface area (Å²) in [5.41, 5.74) is 0.394. The molecule has 0 unspecified atom stereocenters. The van der Waals surface area contributed by atoms with Crippen molar-refractivity contribution in [1.29, 1.82) is 0 Å². The summed E-state index contributed by atoms with van der Waals surface area (Å²) in [4.78, 5) is 10.7. The number of rotatable bonds is 3. The first kappa shape index (κ1) is 14.1. The van der Waals surface area contributed by atoms with Gasteiger partial charge < -0.3 is 0 Å². The van der Waals surface area contributed by atoms with Gasteiger partial charge in [-0.05, 0) is 29.3 Å². The third kappa shape index (κ3) is 3.57. The standard InChI is InChI=1S/C16H11F3O/c17-16(18,19)15-9-13(8-14(10-15)11-20)7-6-12-4-2-1-3-5-12/h1-11H/b7-6+. The lowest BCUT2D eigenvalue weighted by Gasteiger charge is -2.08. The van der Waals surface area contributed by atoms with Gasteiger partial charge in [-0.15, -0.1) is 0 Å². The van der Waals surface area contributed by atoms with Crippen LogP contribution in [0.5, 0.6) is 0 Å². The fourth-order valence-corrected chi connectivity index (χ4v) is 1.76. The molecule has 0 saturated heterocycles. The Labute approximate surface area is 114 Å². The summed E-state index contributed by atoms with van der Waals surface area (Å²) in [7, 11) is 0. The molecule has 20 heavy (non-hydrogen) atoms. The maximum absolute atomic E-state index is 12.7. The van der Waals surface area contributed by atoms with E-state index in [4.69, 9.17) is 0 Å². The molecule has 0 bridgehead atoms. The van der Waals surface area contributed by atoms with Crippen molar-refractivity contribution in [1.82, 2.24) is 0 Å². The molecule has 4 heteroatoms. The molecule has 0 fully saturated rings. The van der Waals surface area contributed by atoms with E-state index >= 15 is 0 Å². The highest BCUT2D eigenvalue weighted by molar-refractivity contribution is 5.79. The first-order valence-corrected chi connectivity index (χ1v) is 5.89. The van der Waals surface area contributed by atoms with E-state index in [0.29, 0.717) is 11.8 Å². The quantitative estimate of drug-likeness (QED) is 0.587. The van der Waals surface area contributed by atoms with E-state index in [-0.39, 0.29) is 5.56 Å². The lowest BCUT2D eigenvalue weighted by Crippen LogP contribution is -2.06. The maximum Gasteiger partial charge on any atom is 0.416 e. The zero-order valence-corrected chi connectivity index (χ0v) is 10.4. The smallest absolute Gasteiger partial charge is 0.298 e. The molecule has 0 aliphatic rings. The van der Waals surface area contributed by atoms with Crippen molar-refractivity contribution >= 4 is 18.4 Å². The minimum atomic E-state index is -4.46. The number of alkyl halides is 3. The summed E-state index contributed by atoms with van der Waals surface area (Å²) in [6, 6.07) is 12.5. The normalized spacial score (nSPS) is 11.8. The topological polar surface area (TPSA) is 17.1 Å².